The molecule has 3 unspecified atom stereocenters. The predicted octanol–water partition coefficient (Wildman–Crippen LogP) is 0.677. The van der Waals surface area contributed by atoms with Crippen molar-refractivity contribution in [3.63, 3.8) is 0 Å². The second-order valence-corrected chi connectivity index (χ2v) is 5.36. The van der Waals surface area contributed by atoms with E-state index in [4.69, 9.17) is 4.74 Å². The molecule has 2 aliphatic rings. The third kappa shape index (κ3) is 2.51. The van der Waals surface area contributed by atoms with E-state index < -0.39 is 0 Å². The van der Waals surface area contributed by atoms with Gasteiger partial charge in [-0.25, -0.2) is 0 Å². The van der Waals surface area contributed by atoms with Crippen molar-refractivity contribution in [2.45, 2.75) is 18.4 Å². The second kappa shape index (κ2) is 5.31. The van der Waals surface area contributed by atoms with Gasteiger partial charge in [0.1, 0.15) is 0 Å². The molecule has 0 spiro atoms. The van der Waals surface area contributed by atoms with Gasteiger partial charge in [0.05, 0.1) is 13.2 Å². The number of hydrogen-bond donors (Lipinski definition) is 2. The van der Waals surface area contributed by atoms with Crippen molar-refractivity contribution in [2.24, 2.45) is 5.92 Å². The first kappa shape index (κ1) is 12.6. The van der Waals surface area contributed by atoms with Crippen LogP contribution in [0.3, 0.4) is 0 Å². The van der Waals surface area contributed by atoms with Crippen molar-refractivity contribution in [1.82, 2.24) is 10.6 Å². The number of fused-ring (bicyclic) bond motifs is 3. The zero-order valence-electron chi connectivity index (χ0n) is 11.2. The van der Waals surface area contributed by atoms with Crippen molar-refractivity contribution >= 4 is 5.91 Å². The third-order valence-electron chi connectivity index (χ3n) is 4.13. The first-order chi connectivity index (χ1) is 9.31. The van der Waals surface area contributed by atoms with Crippen molar-refractivity contribution < 1.29 is 9.53 Å². The van der Waals surface area contributed by atoms with E-state index in [1.807, 2.05) is 0 Å². The summed E-state index contributed by atoms with van der Waals surface area (Å²) < 4.78 is 4.92. The second-order valence-electron chi connectivity index (χ2n) is 5.36. The SMILES string of the molecule is COCCNCC(=O)NC1C2Cc3ccccc3C21. The third-order valence-corrected chi connectivity index (χ3v) is 4.13. The highest BCUT2D eigenvalue weighted by Gasteiger charge is 2.56. The number of benzene rings is 1. The summed E-state index contributed by atoms with van der Waals surface area (Å²) in [6.07, 6.45) is 1.11. The van der Waals surface area contributed by atoms with Gasteiger partial charge in [-0.1, -0.05) is 24.3 Å². The molecule has 1 amide bonds. The number of hydrogen-bond acceptors (Lipinski definition) is 3. The van der Waals surface area contributed by atoms with Crippen LogP contribution in [0.25, 0.3) is 0 Å². The van der Waals surface area contributed by atoms with Gasteiger partial charge in [0, 0.05) is 25.6 Å². The average molecular weight is 260 g/mol. The Labute approximate surface area is 113 Å². The molecule has 1 aromatic carbocycles. The Morgan fingerprint density at radius 2 is 2.26 bits per heavy atom. The average Bonchev–Trinajstić information content (AvgIpc) is 2.93. The number of carbonyl (C=O) groups is 1. The molecule has 19 heavy (non-hydrogen) atoms. The topological polar surface area (TPSA) is 50.4 Å². The van der Waals surface area contributed by atoms with Crippen LogP contribution in [0.4, 0.5) is 0 Å². The maximum Gasteiger partial charge on any atom is 0.234 e. The lowest BCUT2D eigenvalue weighted by molar-refractivity contribution is -0.120. The minimum absolute atomic E-state index is 0.0907. The maximum atomic E-state index is 11.8. The van der Waals surface area contributed by atoms with E-state index in [-0.39, 0.29) is 5.91 Å². The summed E-state index contributed by atoms with van der Waals surface area (Å²) in [5, 5.41) is 6.20. The Morgan fingerprint density at radius 1 is 1.42 bits per heavy atom. The molecule has 0 radical (unpaired) electrons. The fourth-order valence-corrected chi connectivity index (χ4v) is 3.16. The fourth-order valence-electron chi connectivity index (χ4n) is 3.16. The summed E-state index contributed by atoms with van der Waals surface area (Å²) in [4.78, 5) is 11.8. The van der Waals surface area contributed by atoms with Crippen LogP contribution in [-0.4, -0.2) is 38.8 Å². The Morgan fingerprint density at radius 3 is 3.11 bits per heavy atom. The first-order valence-corrected chi connectivity index (χ1v) is 6.88. The smallest absolute Gasteiger partial charge is 0.234 e. The molecule has 3 atom stereocenters. The minimum atomic E-state index is 0.0907. The summed E-state index contributed by atoms with van der Waals surface area (Å²) in [5.41, 5.74) is 2.89. The molecule has 2 aliphatic carbocycles. The van der Waals surface area contributed by atoms with Gasteiger partial charge in [-0.05, 0) is 23.5 Å². The van der Waals surface area contributed by atoms with E-state index in [9.17, 15) is 4.79 Å². The first-order valence-electron chi connectivity index (χ1n) is 6.88. The molecule has 1 aromatic rings. The molecule has 1 saturated carbocycles. The molecule has 102 valence electrons. The summed E-state index contributed by atoms with van der Waals surface area (Å²) in [6.45, 7) is 1.72. The van der Waals surface area contributed by atoms with E-state index in [1.54, 1.807) is 7.11 Å². The van der Waals surface area contributed by atoms with Gasteiger partial charge in [0.15, 0.2) is 0 Å². The molecule has 0 saturated heterocycles. The lowest BCUT2D eigenvalue weighted by Gasteiger charge is -2.10. The summed E-state index contributed by atoms with van der Waals surface area (Å²) in [7, 11) is 1.66. The molecule has 4 nitrogen and oxygen atoms in total. The van der Waals surface area contributed by atoms with Crippen LogP contribution >= 0.6 is 0 Å². The van der Waals surface area contributed by atoms with Crippen molar-refractivity contribution in [3.05, 3.63) is 35.4 Å². The Hall–Kier alpha value is -1.39. The van der Waals surface area contributed by atoms with E-state index in [2.05, 4.69) is 34.9 Å². The zero-order chi connectivity index (χ0) is 13.2. The Balaban J connectivity index is 1.46. The van der Waals surface area contributed by atoms with Gasteiger partial charge in [0.25, 0.3) is 0 Å². The minimum Gasteiger partial charge on any atom is -0.383 e. The molecule has 4 heteroatoms. The summed E-state index contributed by atoms with van der Waals surface area (Å²) in [6, 6.07) is 8.93. The summed E-state index contributed by atoms with van der Waals surface area (Å²) >= 11 is 0. The standard InChI is InChI=1S/C15H20N2O2/c1-19-7-6-16-9-13(18)17-15-12-8-10-4-2-3-5-11(10)14(12)15/h2-5,12,14-16H,6-9H2,1H3,(H,17,18). The van der Waals surface area contributed by atoms with Crippen LogP contribution in [-0.2, 0) is 16.0 Å². The highest BCUT2D eigenvalue weighted by Crippen LogP contribution is 2.56. The van der Waals surface area contributed by atoms with Gasteiger partial charge in [0.2, 0.25) is 5.91 Å². The quantitative estimate of drug-likeness (QED) is 0.739. The van der Waals surface area contributed by atoms with E-state index in [1.165, 1.54) is 11.1 Å². The van der Waals surface area contributed by atoms with Crippen LogP contribution < -0.4 is 10.6 Å². The lowest BCUT2D eigenvalue weighted by Crippen LogP contribution is -2.37. The summed E-state index contributed by atoms with van der Waals surface area (Å²) in [5.74, 6) is 1.27. The molecular formula is C15H20N2O2. The number of rotatable bonds is 6. The Kier molecular flexibility index (Phi) is 3.53. The van der Waals surface area contributed by atoms with Gasteiger partial charge in [-0.3, -0.25) is 4.79 Å². The molecule has 3 rings (SSSR count). The largest absolute Gasteiger partial charge is 0.383 e. The molecule has 0 bridgehead atoms. The number of amides is 1. The van der Waals surface area contributed by atoms with Crippen LogP contribution in [0.15, 0.2) is 24.3 Å². The monoisotopic (exact) mass is 260 g/mol. The molecule has 0 aromatic heterocycles. The molecular weight excluding hydrogens is 240 g/mol. The van der Waals surface area contributed by atoms with Crippen LogP contribution in [0.5, 0.6) is 0 Å². The normalized spacial score (nSPS) is 26.7. The van der Waals surface area contributed by atoms with Crippen LogP contribution in [0, 0.1) is 5.92 Å². The van der Waals surface area contributed by atoms with Crippen molar-refractivity contribution in [3.8, 4) is 0 Å². The number of methoxy groups -OCH3 is 1. The van der Waals surface area contributed by atoms with Crippen LogP contribution in [0.1, 0.15) is 17.0 Å². The molecule has 2 N–H and O–H groups in total. The van der Waals surface area contributed by atoms with Crippen molar-refractivity contribution in [2.75, 3.05) is 26.8 Å². The lowest BCUT2D eigenvalue weighted by atomic mass is 10.1. The highest BCUT2D eigenvalue weighted by atomic mass is 16.5. The predicted molar refractivity (Wildman–Crippen MR) is 73.1 cm³/mol. The molecule has 0 heterocycles. The number of nitrogens with one attached hydrogen (secondary N) is 2. The fraction of sp³-hybridized carbons (Fsp3) is 0.533. The molecule has 1 fully saturated rings. The van der Waals surface area contributed by atoms with Gasteiger partial charge in [-0.15, -0.1) is 0 Å². The highest BCUT2D eigenvalue weighted by molar-refractivity contribution is 5.79. The molecule has 0 aliphatic heterocycles. The van der Waals surface area contributed by atoms with Gasteiger partial charge in [-0.2, -0.15) is 0 Å². The number of ether oxygens (including phenoxy) is 1. The number of carbonyl (C=O) groups excluding carboxylic acids is 1. The van der Waals surface area contributed by atoms with Crippen molar-refractivity contribution in [1.29, 1.82) is 0 Å². The van der Waals surface area contributed by atoms with Gasteiger partial charge >= 0.3 is 0 Å². The van der Waals surface area contributed by atoms with E-state index in [0.717, 1.165) is 6.42 Å². The zero-order valence-corrected chi connectivity index (χ0v) is 11.2. The van der Waals surface area contributed by atoms with Gasteiger partial charge < -0.3 is 15.4 Å². The van der Waals surface area contributed by atoms with E-state index in [0.29, 0.717) is 37.6 Å². The maximum absolute atomic E-state index is 11.8. The van der Waals surface area contributed by atoms with E-state index >= 15 is 0 Å². The Bertz CT molecular complexity index is 475. The van der Waals surface area contributed by atoms with Crippen LogP contribution in [0.2, 0.25) is 0 Å².